The van der Waals surface area contributed by atoms with E-state index in [2.05, 4.69) is 21.2 Å². The third-order valence-corrected chi connectivity index (χ3v) is 11.0. The van der Waals surface area contributed by atoms with Gasteiger partial charge in [-0.05, 0) is 73.4 Å². The average molecular weight is 737 g/mol. The van der Waals surface area contributed by atoms with Gasteiger partial charge in [-0.2, -0.15) is 0 Å². The zero-order valence-corrected chi connectivity index (χ0v) is 29.5. The molecule has 5 rings (SSSR count). The lowest BCUT2D eigenvalue weighted by Gasteiger charge is -2.35. The summed E-state index contributed by atoms with van der Waals surface area (Å²) in [7, 11) is -4.20. The third kappa shape index (κ3) is 9.24. The van der Waals surface area contributed by atoms with Gasteiger partial charge in [0.15, 0.2) is 0 Å². The highest BCUT2D eigenvalue weighted by atomic mass is 79.9. The molecule has 10 heteroatoms. The Morgan fingerprint density at radius 3 is 2.23 bits per heavy atom. The number of amides is 2. The highest BCUT2D eigenvalue weighted by Crippen LogP contribution is 2.28. The zero-order chi connectivity index (χ0) is 33.4. The number of rotatable bonds is 12. The summed E-state index contributed by atoms with van der Waals surface area (Å²) in [5, 5.41) is 3.57. The molecule has 7 nitrogen and oxygen atoms in total. The first-order chi connectivity index (χ1) is 22.6. The van der Waals surface area contributed by atoms with Crippen molar-refractivity contribution in [3.63, 3.8) is 0 Å². The fourth-order valence-corrected chi connectivity index (χ4v) is 7.96. The van der Waals surface area contributed by atoms with Crippen molar-refractivity contribution in [1.82, 2.24) is 10.2 Å². The van der Waals surface area contributed by atoms with Crippen LogP contribution in [0.5, 0.6) is 0 Å². The average Bonchev–Trinajstić information content (AvgIpc) is 3.06. The fourth-order valence-electron chi connectivity index (χ4n) is 5.93. The normalized spacial score (nSPS) is 14.3. The summed E-state index contributed by atoms with van der Waals surface area (Å²) in [6.07, 6.45) is 5.27. The van der Waals surface area contributed by atoms with Gasteiger partial charge in [0.1, 0.15) is 12.6 Å². The van der Waals surface area contributed by atoms with Crippen molar-refractivity contribution in [2.24, 2.45) is 0 Å². The molecule has 2 amide bonds. The van der Waals surface area contributed by atoms with E-state index >= 15 is 0 Å². The monoisotopic (exact) mass is 735 g/mol. The molecule has 0 saturated heterocycles. The second-order valence-electron chi connectivity index (χ2n) is 12.0. The minimum Gasteiger partial charge on any atom is -0.352 e. The first-order valence-corrected chi connectivity index (χ1v) is 18.4. The van der Waals surface area contributed by atoms with Crippen molar-refractivity contribution in [2.75, 3.05) is 10.8 Å². The minimum atomic E-state index is -4.20. The zero-order valence-electron chi connectivity index (χ0n) is 26.3. The SMILES string of the molecule is Cc1ccc(S(=O)(=O)N(CC(=O)N(Cc2cccc(Br)c2)[C@H](Cc2ccccc2)C(=O)NC2CCCCC2)c2cccc(Cl)c2)cc1. The van der Waals surface area contributed by atoms with E-state index in [1.165, 1.54) is 23.1 Å². The molecular weight excluding hydrogens is 698 g/mol. The van der Waals surface area contributed by atoms with E-state index in [9.17, 15) is 18.0 Å². The second-order valence-corrected chi connectivity index (χ2v) is 15.2. The molecule has 1 aliphatic rings. The van der Waals surface area contributed by atoms with E-state index in [0.29, 0.717) is 5.02 Å². The Kier molecular flexibility index (Phi) is 11.8. The Balaban J connectivity index is 1.56. The van der Waals surface area contributed by atoms with Crippen LogP contribution in [0.1, 0.15) is 48.8 Å². The quantitative estimate of drug-likeness (QED) is 0.162. The van der Waals surface area contributed by atoms with Crippen molar-refractivity contribution in [2.45, 2.75) is 69.0 Å². The van der Waals surface area contributed by atoms with Gasteiger partial charge in [-0.3, -0.25) is 13.9 Å². The number of nitrogens with zero attached hydrogens (tertiary/aromatic N) is 2. The molecule has 4 aromatic rings. The van der Waals surface area contributed by atoms with Crippen molar-refractivity contribution < 1.29 is 18.0 Å². The van der Waals surface area contributed by atoms with Crippen LogP contribution >= 0.6 is 27.5 Å². The van der Waals surface area contributed by atoms with Gasteiger partial charge in [0, 0.05) is 28.5 Å². The Bertz CT molecular complexity index is 1780. The molecule has 0 bridgehead atoms. The maximum absolute atomic E-state index is 14.7. The van der Waals surface area contributed by atoms with Crippen molar-refractivity contribution >= 4 is 55.1 Å². The molecule has 1 aliphatic carbocycles. The fraction of sp³-hybridized carbons (Fsp3) is 0.297. The van der Waals surface area contributed by atoms with Gasteiger partial charge in [-0.15, -0.1) is 0 Å². The standard InChI is InChI=1S/C37H39BrClN3O4S/c1-27-18-20-34(21-19-27)47(45,46)42(33-17-9-14-31(39)24-33)26-36(43)41(25-29-12-8-13-30(38)22-29)35(23-28-10-4-2-5-11-28)37(44)40-32-15-6-3-7-16-32/h2,4-5,8-14,17-22,24,32,35H,3,6-7,15-16,23,25-26H2,1H3,(H,40,44)/t35-/m1/s1. The van der Waals surface area contributed by atoms with Gasteiger partial charge in [-0.25, -0.2) is 8.42 Å². The number of halogens is 2. The highest BCUT2D eigenvalue weighted by molar-refractivity contribution is 9.10. The van der Waals surface area contributed by atoms with E-state index in [0.717, 1.165) is 57.6 Å². The van der Waals surface area contributed by atoms with Gasteiger partial charge >= 0.3 is 0 Å². The largest absolute Gasteiger partial charge is 0.352 e. The summed E-state index contributed by atoms with van der Waals surface area (Å²) in [4.78, 5) is 30.4. The van der Waals surface area contributed by atoms with Crippen LogP contribution < -0.4 is 9.62 Å². The smallest absolute Gasteiger partial charge is 0.264 e. The number of anilines is 1. The second kappa shape index (κ2) is 16.0. The lowest BCUT2D eigenvalue weighted by molar-refractivity contribution is -0.140. The van der Waals surface area contributed by atoms with Crippen LogP contribution in [0, 0.1) is 6.92 Å². The van der Waals surface area contributed by atoms with E-state index in [4.69, 9.17) is 11.6 Å². The molecule has 47 heavy (non-hydrogen) atoms. The number of nitrogens with one attached hydrogen (secondary N) is 1. The molecule has 0 radical (unpaired) electrons. The third-order valence-electron chi connectivity index (χ3n) is 8.45. The number of benzene rings is 4. The Labute approximate surface area is 291 Å². The number of hydrogen-bond donors (Lipinski definition) is 1. The maximum Gasteiger partial charge on any atom is 0.264 e. The molecule has 4 aromatic carbocycles. The summed E-state index contributed by atoms with van der Waals surface area (Å²) in [6, 6.07) is 29.2. The van der Waals surface area contributed by atoms with Crippen LogP contribution in [-0.4, -0.2) is 43.8 Å². The molecule has 1 atom stereocenters. The Morgan fingerprint density at radius 2 is 1.55 bits per heavy atom. The van der Waals surface area contributed by atoms with E-state index < -0.39 is 28.5 Å². The molecular formula is C37H39BrClN3O4S. The van der Waals surface area contributed by atoms with E-state index in [-0.39, 0.29) is 35.5 Å². The van der Waals surface area contributed by atoms with Gasteiger partial charge in [0.2, 0.25) is 11.8 Å². The van der Waals surface area contributed by atoms with Gasteiger partial charge < -0.3 is 10.2 Å². The summed E-state index contributed by atoms with van der Waals surface area (Å²) in [5.41, 5.74) is 2.84. The van der Waals surface area contributed by atoms with Crippen molar-refractivity contribution in [1.29, 1.82) is 0 Å². The molecule has 0 unspecified atom stereocenters. The molecule has 1 fully saturated rings. The number of aryl methyl sites for hydroxylation is 1. The number of carbonyl (C=O) groups excluding carboxylic acids is 2. The predicted molar refractivity (Wildman–Crippen MR) is 191 cm³/mol. The van der Waals surface area contributed by atoms with Crippen LogP contribution in [0.2, 0.25) is 5.02 Å². The van der Waals surface area contributed by atoms with Crippen LogP contribution in [0.25, 0.3) is 0 Å². The number of hydrogen-bond acceptors (Lipinski definition) is 4. The summed E-state index contributed by atoms with van der Waals surface area (Å²) >= 11 is 9.85. The summed E-state index contributed by atoms with van der Waals surface area (Å²) in [5.74, 6) is -0.764. The molecule has 0 heterocycles. The molecule has 0 spiro atoms. The predicted octanol–water partition coefficient (Wildman–Crippen LogP) is 7.70. The lowest BCUT2D eigenvalue weighted by Crippen LogP contribution is -2.55. The van der Waals surface area contributed by atoms with E-state index in [1.807, 2.05) is 61.5 Å². The van der Waals surface area contributed by atoms with Gasteiger partial charge in [0.05, 0.1) is 10.6 Å². The van der Waals surface area contributed by atoms with Gasteiger partial charge in [-0.1, -0.05) is 113 Å². The lowest BCUT2D eigenvalue weighted by atomic mass is 9.94. The molecule has 0 aliphatic heterocycles. The molecule has 0 aromatic heterocycles. The maximum atomic E-state index is 14.7. The van der Waals surface area contributed by atoms with Crippen LogP contribution in [0.4, 0.5) is 5.69 Å². The molecule has 246 valence electrons. The Hall–Kier alpha value is -3.66. The van der Waals surface area contributed by atoms with Crippen molar-refractivity contribution in [3.05, 3.63) is 129 Å². The minimum absolute atomic E-state index is 0.0298. The summed E-state index contributed by atoms with van der Waals surface area (Å²) < 4.78 is 30.3. The highest BCUT2D eigenvalue weighted by Gasteiger charge is 2.35. The molecule has 1 saturated carbocycles. The van der Waals surface area contributed by atoms with Crippen LogP contribution in [0.15, 0.2) is 112 Å². The Morgan fingerprint density at radius 1 is 0.872 bits per heavy atom. The van der Waals surface area contributed by atoms with Crippen LogP contribution in [-0.2, 0) is 32.6 Å². The number of carbonyl (C=O) groups is 2. The van der Waals surface area contributed by atoms with Crippen molar-refractivity contribution in [3.8, 4) is 0 Å². The first kappa shape index (κ1) is 34.7. The molecule has 1 N–H and O–H groups in total. The van der Waals surface area contributed by atoms with Gasteiger partial charge in [0.25, 0.3) is 10.0 Å². The topological polar surface area (TPSA) is 86.8 Å². The number of sulfonamides is 1. The first-order valence-electron chi connectivity index (χ1n) is 15.8. The van der Waals surface area contributed by atoms with E-state index in [1.54, 1.807) is 30.3 Å². The summed E-state index contributed by atoms with van der Waals surface area (Å²) in [6.45, 7) is 1.44. The van der Waals surface area contributed by atoms with Crippen LogP contribution in [0.3, 0.4) is 0 Å².